The molecule has 0 amide bonds. The van der Waals surface area contributed by atoms with Gasteiger partial charge in [0.05, 0.1) is 18.2 Å². The van der Waals surface area contributed by atoms with E-state index in [0.717, 1.165) is 6.08 Å². The average molecular weight is 363 g/mol. The molecule has 136 valence electrons. The van der Waals surface area contributed by atoms with Crippen molar-refractivity contribution in [2.45, 2.75) is 12.8 Å². The van der Waals surface area contributed by atoms with E-state index in [-0.39, 0.29) is 34.1 Å². The second-order valence-electron chi connectivity index (χ2n) is 6.31. The molecular formula is C21H17NO5. The van der Waals surface area contributed by atoms with Crippen LogP contribution in [-0.2, 0) is 6.42 Å². The predicted molar refractivity (Wildman–Crippen MR) is 100.0 cm³/mol. The van der Waals surface area contributed by atoms with Gasteiger partial charge in [0, 0.05) is 17.2 Å². The third-order valence-corrected chi connectivity index (χ3v) is 4.73. The number of fused-ring (bicyclic) bond motifs is 2. The number of nitrogens with one attached hydrogen (secondary N) is 1. The molecule has 2 aliphatic carbocycles. The second kappa shape index (κ2) is 6.32. The van der Waals surface area contributed by atoms with Crippen LogP contribution in [0.2, 0.25) is 0 Å². The smallest absolute Gasteiger partial charge is 0.194 e. The molecule has 0 aliphatic heterocycles. The largest absolute Gasteiger partial charge is 0.507 e. The molecule has 2 aromatic rings. The number of hydrogen-bond acceptors (Lipinski definition) is 6. The monoisotopic (exact) mass is 363 g/mol. The van der Waals surface area contributed by atoms with E-state index in [4.69, 9.17) is 14.9 Å². The van der Waals surface area contributed by atoms with Crippen molar-refractivity contribution in [1.82, 2.24) is 0 Å². The highest BCUT2D eigenvalue weighted by atomic mass is 16.5. The minimum Gasteiger partial charge on any atom is -0.507 e. The number of carbonyl (C=O) groups excluding carboxylic acids is 1. The van der Waals surface area contributed by atoms with E-state index in [1.165, 1.54) is 0 Å². The number of ether oxygens (including phenoxy) is 2. The number of aromatic hydroxyl groups is 2. The number of benzene rings is 2. The normalized spacial score (nSPS) is 15.1. The maximum atomic E-state index is 12.6. The van der Waals surface area contributed by atoms with Gasteiger partial charge in [-0.15, -0.1) is 0 Å². The molecule has 0 saturated heterocycles. The fraction of sp³-hybridized carbons (Fsp3) is 0.143. The lowest BCUT2D eigenvalue weighted by molar-refractivity contribution is 0.104. The molecule has 2 aromatic carbocycles. The van der Waals surface area contributed by atoms with Gasteiger partial charge in [-0.05, 0) is 37.1 Å². The summed E-state index contributed by atoms with van der Waals surface area (Å²) in [5, 5.41) is 29.7. The molecule has 4 rings (SSSR count). The molecule has 0 spiro atoms. The van der Waals surface area contributed by atoms with E-state index >= 15 is 0 Å². The van der Waals surface area contributed by atoms with Crippen molar-refractivity contribution >= 4 is 17.6 Å². The molecular weight excluding hydrogens is 346 g/mol. The maximum Gasteiger partial charge on any atom is 0.194 e. The highest BCUT2D eigenvalue weighted by molar-refractivity contribution is 6.27. The fourth-order valence-corrected chi connectivity index (χ4v) is 3.38. The Morgan fingerprint density at radius 3 is 2.44 bits per heavy atom. The number of phenolic OH excluding ortho intramolecular Hbond substituents is 2. The van der Waals surface area contributed by atoms with Crippen LogP contribution in [0.15, 0.2) is 42.2 Å². The lowest BCUT2D eigenvalue weighted by Crippen LogP contribution is -2.22. The summed E-state index contributed by atoms with van der Waals surface area (Å²) < 4.78 is 10.8. The Hall–Kier alpha value is -3.54. The Kier molecular flexibility index (Phi) is 3.96. The SMILES string of the molecule is COc1ccc(OC2=CC(=O)c3c(O)c4c(c(O)c3C2=N)CCC=C4)cc1. The fourth-order valence-electron chi connectivity index (χ4n) is 3.38. The maximum absolute atomic E-state index is 12.6. The summed E-state index contributed by atoms with van der Waals surface area (Å²) in [5.74, 6) is 0.219. The summed E-state index contributed by atoms with van der Waals surface area (Å²) in [7, 11) is 1.55. The van der Waals surface area contributed by atoms with Gasteiger partial charge in [-0.1, -0.05) is 12.2 Å². The zero-order valence-corrected chi connectivity index (χ0v) is 14.6. The van der Waals surface area contributed by atoms with Gasteiger partial charge in [0.2, 0.25) is 0 Å². The first kappa shape index (κ1) is 16.9. The van der Waals surface area contributed by atoms with Crippen LogP contribution in [0.5, 0.6) is 23.0 Å². The van der Waals surface area contributed by atoms with Gasteiger partial charge in [-0.25, -0.2) is 0 Å². The van der Waals surface area contributed by atoms with Crippen LogP contribution in [0.1, 0.15) is 33.5 Å². The van der Waals surface area contributed by atoms with E-state index in [2.05, 4.69) is 0 Å². The molecule has 3 N–H and O–H groups in total. The van der Waals surface area contributed by atoms with Crippen molar-refractivity contribution in [3.8, 4) is 23.0 Å². The summed E-state index contributed by atoms with van der Waals surface area (Å²) in [6.45, 7) is 0. The third kappa shape index (κ3) is 2.66. The van der Waals surface area contributed by atoms with Gasteiger partial charge in [-0.2, -0.15) is 0 Å². The van der Waals surface area contributed by atoms with Gasteiger partial charge in [-0.3, -0.25) is 10.2 Å². The van der Waals surface area contributed by atoms with E-state index in [9.17, 15) is 15.0 Å². The van der Waals surface area contributed by atoms with Crippen LogP contribution in [0.3, 0.4) is 0 Å². The number of rotatable bonds is 3. The summed E-state index contributed by atoms with van der Waals surface area (Å²) in [6, 6.07) is 6.71. The Labute approximate surface area is 155 Å². The molecule has 0 heterocycles. The van der Waals surface area contributed by atoms with Gasteiger partial charge in [0.1, 0.15) is 28.7 Å². The zero-order chi connectivity index (χ0) is 19.1. The van der Waals surface area contributed by atoms with Crippen LogP contribution in [0.25, 0.3) is 6.08 Å². The number of phenols is 2. The van der Waals surface area contributed by atoms with Crippen LogP contribution in [-0.4, -0.2) is 28.8 Å². The number of methoxy groups -OCH3 is 1. The van der Waals surface area contributed by atoms with E-state index in [1.54, 1.807) is 37.5 Å². The van der Waals surface area contributed by atoms with Crippen molar-refractivity contribution in [3.63, 3.8) is 0 Å². The van der Waals surface area contributed by atoms with Crippen LogP contribution >= 0.6 is 0 Å². The quantitative estimate of drug-likeness (QED) is 0.724. The first-order valence-electron chi connectivity index (χ1n) is 8.45. The van der Waals surface area contributed by atoms with Gasteiger partial charge < -0.3 is 19.7 Å². The van der Waals surface area contributed by atoms with Crippen LogP contribution in [0.4, 0.5) is 0 Å². The van der Waals surface area contributed by atoms with Crippen molar-refractivity contribution in [1.29, 1.82) is 5.41 Å². The minimum atomic E-state index is -0.515. The van der Waals surface area contributed by atoms with Crippen molar-refractivity contribution in [2.75, 3.05) is 7.11 Å². The molecule has 2 aliphatic rings. The summed E-state index contributed by atoms with van der Waals surface area (Å²) >= 11 is 0. The van der Waals surface area contributed by atoms with Gasteiger partial charge in [0.25, 0.3) is 0 Å². The molecule has 0 atom stereocenters. The van der Waals surface area contributed by atoms with Crippen molar-refractivity contribution < 1.29 is 24.5 Å². The predicted octanol–water partition coefficient (Wildman–Crippen LogP) is 3.59. The molecule has 0 aromatic heterocycles. The topological polar surface area (TPSA) is 99.8 Å². The average Bonchev–Trinajstić information content (AvgIpc) is 2.69. The Morgan fingerprint density at radius 1 is 1.04 bits per heavy atom. The number of hydrogen-bond donors (Lipinski definition) is 3. The molecule has 27 heavy (non-hydrogen) atoms. The molecule has 0 saturated carbocycles. The van der Waals surface area contributed by atoms with Gasteiger partial charge in [0.15, 0.2) is 11.5 Å². The van der Waals surface area contributed by atoms with Crippen molar-refractivity contribution in [2.24, 2.45) is 0 Å². The standard InChI is InChI=1S/C21H17NO5/c1-26-11-6-8-12(9-7-11)27-16-10-15(23)17-18(19(16)22)21(25)14-5-3-2-4-13(14)20(17)24/h2,4,6-10,22,24-25H,3,5H2,1H3. The summed E-state index contributed by atoms with van der Waals surface area (Å²) in [6.07, 6.45) is 5.97. The first-order chi connectivity index (χ1) is 13.0. The van der Waals surface area contributed by atoms with Crippen LogP contribution < -0.4 is 9.47 Å². The number of ketones is 1. The molecule has 6 heteroatoms. The Balaban J connectivity index is 1.77. The first-order valence-corrected chi connectivity index (χ1v) is 8.45. The number of allylic oxidation sites excluding steroid dienone is 3. The Morgan fingerprint density at radius 2 is 1.74 bits per heavy atom. The van der Waals surface area contributed by atoms with Crippen LogP contribution in [0, 0.1) is 5.41 Å². The Bertz CT molecular complexity index is 1030. The highest BCUT2D eigenvalue weighted by Gasteiger charge is 2.34. The van der Waals surface area contributed by atoms with E-state index in [1.807, 2.05) is 6.08 Å². The van der Waals surface area contributed by atoms with E-state index in [0.29, 0.717) is 35.5 Å². The molecule has 0 fully saturated rings. The zero-order valence-electron chi connectivity index (χ0n) is 14.6. The van der Waals surface area contributed by atoms with Gasteiger partial charge >= 0.3 is 0 Å². The third-order valence-electron chi connectivity index (χ3n) is 4.73. The molecule has 6 nitrogen and oxygen atoms in total. The lowest BCUT2D eigenvalue weighted by Gasteiger charge is -2.24. The minimum absolute atomic E-state index is 0.0116. The molecule has 0 radical (unpaired) electrons. The summed E-state index contributed by atoms with van der Waals surface area (Å²) in [5.41, 5.74) is 0.775. The highest BCUT2D eigenvalue weighted by Crippen LogP contribution is 2.43. The molecule has 0 unspecified atom stereocenters. The lowest BCUT2D eigenvalue weighted by atomic mass is 9.84. The van der Waals surface area contributed by atoms with Crippen molar-refractivity contribution in [3.05, 3.63) is 64.4 Å². The van der Waals surface area contributed by atoms with E-state index < -0.39 is 5.78 Å². The number of carbonyl (C=O) groups is 1. The molecule has 0 bridgehead atoms. The summed E-state index contributed by atoms with van der Waals surface area (Å²) in [4.78, 5) is 12.6. The second-order valence-corrected chi connectivity index (χ2v) is 6.31.